The summed E-state index contributed by atoms with van der Waals surface area (Å²) in [5.41, 5.74) is 2.35. The lowest BCUT2D eigenvalue weighted by atomic mass is 10.1. The number of hydrogen-bond acceptors (Lipinski definition) is 6. The molecular formula is C19H19N3O4. The third-order valence-electron chi connectivity index (χ3n) is 3.89. The fourth-order valence-corrected chi connectivity index (χ4v) is 2.61. The van der Waals surface area contributed by atoms with Gasteiger partial charge in [0.2, 0.25) is 0 Å². The first kappa shape index (κ1) is 17.5. The van der Waals surface area contributed by atoms with Gasteiger partial charge in [0, 0.05) is 17.3 Å². The average Bonchev–Trinajstić information content (AvgIpc) is 2.63. The Bertz CT molecular complexity index is 955. The summed E-state index contributed by atoms with van der Waals surface area (Å²) in [6, 6.07) is 8.97. The summed E-state index contributed by atoms with van der Waals surface area (Å²) in [5, 5.41) is 13.3. The van der Waals surface area contributed by atoms with Gasteiger partial charge in [0.25, 0.3) is 0 Å². The van der Waals surface area contributed by atoms with Gasteiger partial charge >= 0.3 is 5.97 Å². The fourth-order valence-electron chi connectivity index (χ4n) is 2.61. The van der Waals surface area contributed by atoms with Crippen LogP contribution >= 0.6 is 0 Å². The van der Waals surface area contributed by atoms with E-state index in [2.05, 4.69) is 15.3 Å². The summed E-state index contributed by atoms with van der Waals surface area (Å²) in [6.07, 6.45) is 1.31. The largest absolute Gasteiger partial charge is 0.497 e. The van der Waals surface area contributed by atoms with Gasteiger partial charge in [-0.15, -0.1) is 0 Å². The minimum absolute atomic E-state index is 0.0569. The minimum atomic E-state index is -1.08. The van der Waals surface area contributed by atoms with Crippen LogP contribution in [0.4, 0.5) is 11.4 Å². The van der Waals surface area contributed by atoms with E-state index < -0.39 is 5.97 Å². The van der Waals surface area contributed by atoms with Gasteiger partial charge in [-0.1, -0.05) is 0 Å². The van der Waals surface area contributed by atoms with Gasteiger partial charge in [0.05, 0.1) is 25.1 Å². The molecule has 0 bridgehead atoms. The predicted octanol–water partition coefficient (Wildman–Crippen LogP) is 3.79. The Labute approximate surface area is 150 Å². The molecule has 0 saturated carbocycles. The maximum absolute atomic E-state index is 11.7. The Hall–Kier alpha value is -3.35. The molecule has 2 heterocycles. The Morgan fingerprint density at radius 2 is 2.00 bits per heavy atom. The number of aromatic carboxylic acids is 1. The van der Waals surface area contributed by atoms with Crippen LogP contribution in [0.5, 0.6) is 11.5 Å². The molecule has 0 aliphatic heterocycles. The molecule has 2 aromatic heterocycles. The number of fused-ring (bicyclic) bond motifs is 1. The summed E-state index contributed by atoms with van der Waals surface area (Å²) in [7, 11) is 1.59. The van der Waals surface area contributed by atoms with Crippen molar-refractivity contribution in [3.63, 3.8) is 0 Å². The van der Waals surface area contributed by atoms with E-state index in [1.165, 1.54) is 6.20 Å². The second kappa shape index (κ2) is 7.26. The van der Waals surface area contributed by atoms with Crippen molar-refractivity contribution in [3.05, 3.63) is 47.8 Å². The summed E-state index contributed by atoms with van der Waals surface area (Å²) in [4.78, 5) is 20.3. The molecule has 7 heteroatoms. The van der Waals surface area contributed by atoms with Crippen LogP contribution < -0.4 is 14.8 Å². The Morgan fingerprint density at radius 1 is 1.27 bits per heavy atom. The van der Waals surface area contributed by atoms with E-state index in [0.29, 0.717) is 40.5 Å². The third kappa shape index (κ3) is 3.37. The van der Waals surface area contributed by atoms with Gasteiger partial charge in [-0.25, -0.2) is 14.8 Å². The molecule has 3 aromatic rings. The van der Waals surface area contributed by atoms with Crippen LogP contribution in [0.2, 0.25) is 0 Å². The van der Waals surface area contributed by atoms with Crippen LogP contribution in [-0.2, 0) is 0 Å². The number of hydrogen-bond donors (Lipinski definition) is 2. The number of carbonyl (C=O) groups is 1. The molecule has 0 fully saturated rings. The molecule has 3 rings (SSSR count). The average molecular weight is 353 g/mol. The second-order valence-corrected chi connectivity index (χ2v) is 5.58. The zero-order chi connectivity index (χ0) is 18.7. The lowest BCUT2D eigenvalue weighted by Crippen LogP contribution is -2.06. The van der Waals surface area contributed by atoms with Crippen molar-refractivity contribution >= 4 is 28.4 Å². The van der Waals surface area contributed by atoms with Crippen LogP contribution in [0, 0.1) is 6.92 Å². The molecule has 7 nitrogen and oxygen atoms in total. The van der Waals surface area contributed by atoms with Crippen molar-refractivity contribution in [1.29, 1.82) is 0 Å². The van der Waals surface area contributed by atoms with Crippen LogP contribution in [0.1, 0.15) is 23.0 Å². The van der Waals surface area contributed by atoms with Gasteiger partial charge in [-0.2, -0.15) is 0 Å². The summed E-state index contributed by atoms with van der Waals surface area (Å²) < 4.78 is 10.7. The molecule has 0 radical (unpaired) electrons. The molecule has 134 valence electrons. The van der Waals surface area contributed by atoms with Crippen molar-refractivity contribution in [3.8, 4) is 11.5 Å². The zero-order valence-corrected chi connectivity index (χ0v) is 14.7. The number of carboxylic acids is 1. The lowest BCUT2D eigenvalue weighted by Gasteiger charge is -2.14. The van der Waals surface area contributed by atoms with Crippen molar-refractivity contribution < 1.29 is 19.4 Å². The lowest BCUT2D eigenvalue weighted by molar-refractivity contribution is 0.0697. The third-order valence-corrected chi connectivity index (χ3v) is 3.89. The Morgan fingerprint density at radius 3 is 2.62 bits per heavy atom. The number of ether oxygens (including phenoxy) is 2. The molecule has 1 aromatic carbocycles. The Kier molecular flexibility index (Phi) is 4.88. The number of nitrogens with zero attached hydrogens (tertiary/aromatic N) is 2. The van der Waals surface area contributed by atoms with Crippen LogP contribution in [-0.4, -0.2) is 34.8 Å². The topological polar surface area (TPSA) is 93.6 Å². The standard InChI is InChI=1S/C19H19N3O4/c1-4-26-16-9-14-17(22-12-5-7-13(25-3)8-6-12)15(19(23)24)10-20-18(14)21-11(16)2/h5-10H,4H2,1-3H3,(H,23,24)(H,20,21,22). The minimum Gasteiger partial charge on any atom is -0.497 e. The molecule has 0 aliphatic rings. The highest BCUT2D eigenvalue weighted by atomic mass is 16.5. The van der Waals surface area contributed by atoms with E-state index in [-0.39, 0.29) is 5.56 Å². The monoisotopic (exact) mass is 353 g/mol. The zero-order valence-electron chi connectivity index (χ0n) is 14.7. The van der Waals surface area contributed by atoms with Gasteiger partial charge < -0.3 is 19.9 Å². The molecule has 2 N–H and O–H groups in total. The number of aromatic nitrogens is 2. The molecule has 0 amide bonds. The highest BCUT2D eigenvalue weighted by Crippen LogP contribution is 2.32. The fraction of sp³-hybridized carbons (Fsp3) is 0.211. The van der Waals surface area contributed by atoms with Crippen LogP contribution in [0.15, 0.2) is 36.5 Å². The van der Waals surface area contributed by atoms with E-state index in [0.717, 1.165) is 5.69 Å². The first-order chi connectivity index (χ1) is 12.5. The van der Waals surface area contributed by atoms with Crippen molar-refractivity contribution in [1.82, 2.24) is 9.97 Å². The van der Waals surface area contributed by atoms with E-state index in [4.69, 9.17) is 9.47 Å². The number of methoxy groups -OCH3 is 1. The number of nitrogens with one attached hydrogen (secondary N) is 1. The number of benzene rings is 1. The normalized spacial score (nSPS) is 10.6. The second-order valence-electron chi connectivity index (χ2n) is 5.58. The van der Waals surface area contributed by atoms with Crippen LogP contribution in [0.25, 0.3) is 11.0 Å². The molecule has 0 spiro atoms. The first-order valence-corrected chi connectivity index (χ1v) is 8.11. The molecule has 26 heavy (non-hydrogen) atoms. The predicted molar refractivity (Wildman–Crippen MR) is 98.7 cm³/mol. The summed E-state index contributed by atoms with van der Waals surface area (Å²) in [5.74, 6) is 0.237. The highest BCUT2D eigenvalue weighted by molar-refractivity contribution is 6.04. The van der Waals surface area contributed by atoms with Crippen molar-refractivity contribution in [2.45, 2.75) is 13.8 Å². The van der Waals surface area contributed by atoms with Crippen molar-refractivity contribution in [2.75, 3.05) is 19.0 Å². The quantitative estimate of drug-likeness (QED) is 0.696. The van der Waals surface area contributed by atoms with Gasteiger partial charge in [-0.05, 0) is 44.2 Å². The van der Waals surface area contributed by atoms with Gasteiger partial charge in [0.1, 0.15) is 17.1 Å². The smallest absolute Gasteiger partial charge is 0.339 e. The van der Waals surface area contributed by atoms with Gasteiger partial charge in [0.15, 0.2) is 5.65 Å². The number of pyridine rings is 2. The number of rotatable bonds is 6. The SMILES string of the molecule is CCOc1cc2c(Nc3ccc(OC)cc3)c(C(=O)O)cnc2nc1C. The van der Waals surface area contributed by atoms with E-state index >= 15 is 0 Å². The molecular weight excluding hydrogens is 334 g/mol. The molecule has 0 atom stereocenters. The molecule has 0 aliphatic carbocycles. The molecule has 0 saturated heterocycles. The van der Waals surface area contributed by atoms with E-state index in [9.17, 15) is 9.90 Å². The Balaban J connectivity index is 2.16. The van der Waals surface area contributed by atoms with E-state index in [1.807, 2.05) is 26.0 Å². The molecule has 0 unspecified atom stereocenters. The number of anilines is 2. The van der Waals surface area contributed by atoms with Crippen LogP contribution in [0.3, 0.4) is 0 Å². The number of aryl methyl sites for hydroxylation is 1. The number of carboxylic acid groups (broad SMARTS) is 1. The first-order valence-electron chi connectivity index (χ1n) is 8.11. The summed E-state index contributed by atoms with van der Waals surface area (Å²) >= 11 is 0. The van der Waals surface area contributed by atoms with Gasteiger partial charge in [-0.3, -0.25) is 0 Å². The summed E-state index contributed by atoms with van der Waals surface area (Å²) in [6.45, 7) is 4.20. The maximum atomic E-state index is 11.7. The van der Waals surface area contributed by atoms with E-state index in [1.54, 1.807) is 25.3 Å². The van der Waals surface area contributed by atoms with Crippen molar-refractivity contribution in [2.24, 2.45) is 0 Å². The highest BCUT2D eigenvalue weighted by Gasteiger charge is 2.17. The maximum Gasteiger partial charge on any atom is 0.339 e.